The minimum Gasteiger partial charge on any atom is -0.359 e. The fourth-order valence-corrected chi connectivity index (χ4v) is 1.58. The predicted octanol–water partition coefficient (Wildman–Crippen LogP) is -1.82. The summed E-state index contributed by atoms with van der Waals surface area (Å²) in [4.78, 5) is 44.9. The van der Waals surface area contributed by atoms with E-state index in [1.807, 2.05) is 0 Å². The van der Waals surface area contributed by atoms with Crippen molar-refractivity contribution in [2.24, 2.45) is 0 Å². The summed E-state index contributed by atoms with van der Waals surface area (Å²) in [6.07, 6.45) is 4.04. The quantitative estimate of drug-likeness (QED) is 0.273. The third-order valence-corrected chi connectivity index (χ3v) is 2.67. The van der Waals surface area contributed by atoms with Crippen molar-refractivity contribution < 1.29 is 19.2 Å². The van der Waals surface area contributed by atoms with Crippen molar-refractivity contribution >= 4 is 25.6 Å². The topological polar surface area (TPSA) is 98.8 Å². The molecule has 0 radical (unpaired) electrons. The molecule has 0 aromatic heterocycles. The van der Waals surface area contributed by atoms with E-state index in [9.17, 15) is 19.2 Å². The maximum atomic E-state index is 10.8. The van der Waals surface area contributed by atoms with E-state index in [0.29, 0.717) is 64.9 Å². The molecule has 0 rings (SSSR count). The molecule has 114 valence electrons. The Hall–Kier alpha value is -2.12. The van der Waals surface area contributed by atoms with Crippen LogP contribution in [0, 0.1) is 0 Å². The van der Waals surface area contributed by atoms with Crippen LogP contribution in [-0.2, 0) is 19.2 Å². The van der Waals surface area contributed by atoms with Gasteiger partial charge in [-0.15, -0.1) is 0 Å². The molecule has 8 heteroatoms. The van der Waals surface area contributed by atoms with Crippen LogP contribution in [0.25, 0.3) is 0 Å². The number of carbonyl (C=O) groups excluding carboxylic acids is 4. The minimum absolute atomic E-state index is 0.449. The highest BCUT2D eigenvalue weighted by molar-refractivity contribution is 5.49. The molecule has 2 N–H and O–H groups in total. The first-order valence-electron chi connectivity index (χ1n) is 6.51. The van der Waals surface area contributed by atoms with Gasteiger partial charge in [-0.3, -0.25) is 19.2 Å². The average Bonchev–Trinajstić information content (AvgIpc) is 2.48. The summed E-state index contributed by atoms with van der Waals surface area (Å²) in [5.74, 6) is 0. The maximum Gasteiger partial charge on any atom is 0.209 e. The summed E-state index contributed by atoms with van der Waals surface area (Å²) >= 11 is 0. The van der Waals surface area contributed by atoms with Gasteiger partial charge < -0.3 is 20.4 Å². The van der Waals surface area contributed by atoms with E-state index in [1.165, 1.54) is 0 Å². The zero-order chi connectivity index (χ0) is 15.1. The Labute approximate surface area is 118 Å². The molecule has 0 aromatic rings. The Morgan fingerprint density at radius 1 is 0.650 bits per heavy atom. The van der Waals surface area contributed by atoms with E-state index in [-0.39, 0.29) is 0 Å². The molecule has 0 saturated heterocycles. The van der Waals surface area contributed by atoms with Crippen molar-refractivity contribution in [3.05, 3.63) is 0 Å². The van der Waals surface area contributed by atoms with E-state index in [1.54, 1.807) is 9.80 Å². The standard InChI is InChI=1S/C12H22N4O4/c17-9-13-3-1-5-15(11-19)7-8-16(12-20)6-2-4-14-10-18/h9-12H,1-8H2,(H,13,17)(H,14,18). The SMILES string of the molecule is O=CNCCCN(C=O)CCN(C=O)CCCNC=O. The van der Waals surface area contributed by atoms with E-state index in [4.69, 9.17) is 0 Å². The molecular formula is C12H22N4O4. The van der Waals surface area contributed by atoms with Crippen LogP contribution >= 0.6 is 0 Å². The average molecular weight is 286 g/mol. The smallest absolute Gasteiger partial charge is 0.209 e. The molecule has 0 fully saturated rings. The van der Waals surface area contributed by atoms with Crippen LogP contribution in [0.4, 0.5) is 0 Å². The maximum absolute atomic E-state index is 10.8. The molecule has 0 aliphatic rings. The van der Waals surface area contributed by atoms with Crippen LogP contribution < -0.4 is 10.6 Å². The summed E-state index contributed by atoms with van der Waals surface area (Å²) in [7, 11) is 0. The molecule has 4 amide bonds. The van der Waals surface area contributed by atoms with Gasteiger partial charge in [-0.1, -0.05) is 0 Å². The normalized spacial score (nSPS) is 9.40. The summed E-state index contributed by atoms with van der Waals surface area (Å²) in [5, 5.41) is 5.04. The second-order valence-corrected chi connectivity index (χ2v) is 4.13. The van der Waals surface area contributed by atoms with Crippen LogP contribution in [0.5, 0.6) is 0 Å². The summed E-state index contributed by atoms with van der Waals surface area (Å²) in [6.45, 7) is 2.99. The van der Waals surface area contributed by atoms with Gasteiger partial charge in [-0.25, -0.2) is 0 Å². The van der Waals surface area contributed by atoms with Crippen molar-refractivity contribution in [1.82, 2.24) is 20.4 Å². The van der Waals surface area contributed by atoms with Crippen molar-refractivity contribution in [3.8, 4) is 0 Å². The number of hydrogen-bond donors (Lipinski definition) is 2. The lowest BCUT2D eigenvalue weighted by Crippen LogP contribution is -2.36. The van der Waals surface area contributed by atoms with Crippen LogP contribution in [0.1, 0.15) is 12.8 Å². The van der Waals surface area contributed by atoms with E-state index < -0.39 is 0 Å². The van der Waals surface area contributed by atoms with Gasteiger partial charge in [0.05, 0.1) is 0 Å². The predicted molar refractivity (Wildman–Crippen MR) is 72.6 cm³/mol. The van der Waals surface area contributed by atoms with Gasteiger partial charge in [-0.2, -0.15) is 0 Å². The molecule has 0 unspecified atom stereocenters. The molecule has 20 heavy (non-hydrogen) atoms. The largest absolute Gasteiger partial charge is 0.359 e. The third-order valence-electron chi connectivity index (χ3n) is 2.67. The minimum atomic E-state index is 0.449. The number of nitrogens with zero attached hydrogens (tertiary/aromatic N) is 2. The lowest BCUT2D eigenvalue weighted by Gasteiger charge is -2.22. The summed E-state index contributed by atoms with van der Waals surface area (Å²) in [6, 6.07) is 0. The third kappa shape index (κ3) is 9.86. The monoisotopic (exact) mass is 286 g/mol. The van der Waals surface area contributed by atoms with Crippen molar-refractivity contribution in [2.75, 3.05) is 39.3 Å². The van der Waals surface area contributed by atoms with Gasteiger partial charge in [0.25, 0.3) is 0 Å². The number of nitrogens with one attached hydrogen (secondary N) is 2. The van der Waals surface area contributed by atoms with Crippen molar-refractivity contribution in [3.63, 3.8) is 0 Å². The van der Waals surface area contributed by atoms with Crippen molar-refractivity contribution in [1.29, 1.82) is 0 Å². The number of amides is 4. The van der Waals surface area contributed by atoms with Crippen LogP contribution in [-0.4, -0.2) is 74.7 Å². The van der Waals surface area contributed by atoms with E-state index >= 15 is 0 Å². The molecule has 0 aliphatic heterocycles. The molecule has 0 aliphatic carbocycles. The fourth-order valence-electron chi connectivity index (χ4n) is 1.58. The molecule has 0 saturated carbocycles. The number of rotatable bonds is 15. The number of carbonyl (C=O) groups is 4. The first kappa shape index (κ1) is 17.9. The first-order valence-corrected chi connectivity index (χ1v) is 6.51. The molecule has 0 aromatic carbocycles. The highest BCUT2D eigenvalue weighted by Gasteiger charge is 2.05. The van der Waals surface area contributed by atoms with Gasteiger partial charge in [0.2, 0.25) is 25.6 Å². The Balaban J connectivity index is 3.80. The van der Waals surface area contributed by atoms with E-state index in [2.05, 4.69) is 10.6 Å². The van der Waals surface area contributed by atoms with Gasteiger partial charge >= 0.3 is 0 Å². The zero-order valence-electron chi connectivity index (χ0n) is 11.5. The fraction of sp³-hybridized carbons (Fsp3) is 0.667. The molecule has 0 bridgehead atoms. The van der Waals surface area contributed by atoms with E-state index in [0.717, 1.165) is 12.8 Å². The van der Waals surface area contributed by atoms with Gasteiger partial charge in [0.1, 0.15) is 0 Å². The number of hydrogen-bond acceptors (Lipinski definition) is 4. The first-order chi connectivity index (χ1) is 9.78. The van der Waals surface area contributed by atoms with Gasteiger partial charge in [0.15, 0.2) is 0 Å². The Kier molecular flexibility index (Phi) is 11.9. The van der Waals surface area contributed by atoms with Gasteiger partial charge in [0, 0.05) is 39.3 Å². The highest BCUT2D eigenvalue weighted by atomic mass is 16.1. The molecule has 0 atom stereocenters. The molecular weight excluding hydrogens is 264 g/mol. The molecule has 8 nitrogen and oxygen atoms in total. The lowest BCUT2D eigenvalue weighted by molar-refractivity contribution is -0.121. The van der Waals surface area contributed by atoms with Crippen LogP contribution in [0.15, 0.2) is 0 Å². The zero-order valence-corrected chi connectivity index (χ0v) is 11.5. The summed E-state index contributed by atoms with van der Waals surface area (Å²) in [5.41, 5.74) is 0. The second kappa shape index (κ2) is 13.3. The van der Waals surface area contributed by atoms with Crippen molar-refractivity contribution in [2.45, 2.75) is 12.8 Å². The highest BCUT2D eigenvalue weighted by Crippen LogP contribution is 1.92. The lowest BCUT2D eigenvalue weighted by atomic mass is 10.3. The van der Waals surface area contributed by atoms with Crippen LogP contribution in [0.3, 0.4) is 0 Å². The Morgan fingerprint density at radius 2 is 1.05 bits per heavy atom. The second-order valence-electron chi connectivity index (χ2n) is 4.13. The van der Waals surface area contributed by atoms with Crippen LogP contribution in [0.2, 0.25) is 0 Å². The molecule has 0 heterocycles. The Bertz CT molecular complexity index is 261. The van der Waals surface area contributed by atoms with Gasteiger partial charge in [-0.05, 0) is 12.8 Å². The summed E-state index contributed by atoms with van der Waals surface area (Å²) < 4.78 is 0. The molecule has 0 spiro atoms. The Morgan fingerprint density at radius 3 is 1.35 bits per heavy atom.